The molecule has 3 rings (SSSR count). The van der Waals surface area contributed by atoms with E-state index in [-0.39, 0.29) is 24.1 Å². The molecule has 0 bridgehead atoms. The normalized spacial score (nSPS) is 20.2. The van der Waals surface area contributed by atoms with Gasteiger partial charge in [0.05, 0.1) is 5.69 Å². The van der Waals surface area contributed by atoms with Gasteiger partial charge < -0.3 is 4.74 Å². The van der Waals surface area contributed by atoms with Crippen LogP contribution in [0.5, 0.6) is 0 Å². The molecule has 0 aromatic heterocycles. The van der Waals surface area contributed by atoms with Gasteiger partial charge in [-0.25, -0.2) is 4.79 Å². The summed E-state index contributed by atoms with van der Waals surface area (Å²) in [5.41, 5.74) is 2.88. The zero-order chi connectivity index (χ0) is 11.2. The van der Waals surface area contributed by atoms with E-state index in [2.05, 4.69) is 11.4 Å². The molecule has 0 atom stereocenters. The molecule has 1 aliphatic heterocycles. The Labute approximate surface area is 107 Å². The molecule has 0 saturated heterocycles. The van der Waals surface area contributed by atoms with E-state index in [1.54, 1.807) is 0 Å². The van der Waals surface area contributed by atoms with Crippen LogP contribution in [0.4, 0.5) is 10.5 Å². The van der Waals surface area contributed by atoms with Gasteiger partial charge in [-0.2, -0.15) is 0 Å². The Kier molecular flexibility index (Phi) is 3.04. The lowest BCUT2D eigenvalue weighted by atomic mass is 9.88. The molecule has 4 heteroatoms. The number of carbonyl (C=O) groups excluding carboxylic acids is 1. The van der Waals surface area contributed by atoms with Crippen molar-refractivity contribution in [1.29, 1.82) is 0 Å². The van der Waals surface area contributed by atoms with Crippen LogP contribution in [-0.2, 0) is 10.3 Å². The molecule has 1 amide bonds. The van der Waals surface area contributed by atoms with Crippen LogP contribution in [0.2, 0.25) is 0 Å². The van der Waals surface area contributed by atoms with Crippen molar-refractivity contribution in [1.82, 2.24) is 0 Å². The maximum Gasteiger partial charge on any atom is 0.412 e. The van der Waals surface area contributed by atoms with Crippen molar-refractivity contribution < 1.29 is 9.53 Å². The lowest BCUT2D eigenvalue weighted by molar-refractivity contribution is 0.0169. The van der Waals surface area contributed by atoms with Gasteiger partial charge in [-0.15, -0.1) is 12.4 Å². The lowest BCUT2D eigenvalue weighted by Crippen LogP contribution is -2.37. The van der Waals surface area contributed by atoms with Gasteiger partial charge in [-0.05, 0) is 38.2 Å². The van der Waals surface area contributed by atoms with Crippen LogP contribution >= 0.6 is 12.4 Å². The van der Waals surface area contributed by atoms with Crippen LogP contribution in [-0.4, -0.2) is 6.09 Å². The van der Waals surface area contributed by atoms with Crippen LogP contribution in [0.15, 0.2) is 18.2 Å². The number of halogens is 1. The van der Waals surface area contributed by atoms with Crippen molar-refractivity contribution in [2.75, 3.05) is 5.32 Å². The molecule has 1 heterocycles. The topological polar surface area (TPSA) is 38.3 Å². The fourth-order valence-electron chi connectivity index (χ4n) is 2.89. The molecule has 1 aliphatic carbocycles. The van der Waals surface area contributed by atoms with Gasteiger partial charge in [-0.3, -0.25) is 5.32 Å². The van der Waals surface area contributed by atoms with E-state index in [0.717, 1.165) is 42.5 Å². The van der Waals surface area contributed by atoms with E-state index in [9.17, 15) is 4.79 Å². The summed E-state index contributed by atoms with van der Waals surface area (Å²) in [7, 11) is 0. The first-order chi connectivity index (χ1) is 7.71. The molecule has 1 spiro atoms. The minimum atomic E-state index is -0.344. The molecule has 0 unspecified atom stereocenters. The highest BCUT2D eigenvalue weighted by atomic mass is 35.5. The summed E-state index contributed by atoms with van der Waals surface area (Å²) in [6, 6.07) is 6.13. The number of hydrogen-bond acceptors (Lipinski definition) is 2. The maximum absolute atomic E-state index is 11.6. The molecule has 1 N–H and O–H groups in total. The van der Waals surface area contributed by atoms with Gasteiger partial charge in [0.25, 0.3) is 0 Å². The molecular weight excluding hydrogens is 238 g/mol. The Morgan fingerprint density at radius 2 is 2.00 bits per heavy atom. The maximum atomic E-state index is 11.6. The zero-order valence-corrected chi connectivity index (χ0v) is 10.6. The number of para-hydroxylation sites is 1. The quantitative estimate of drug-likeness (QED) is 0.765. The summed E-state index contributed by atoms with van der Waals surface area (Å²) in [4.78, 5) is 11.6. The van der Waals surface area contributed by atoms with E-state index >= 15 is 0 Å². The predicted molar refractivity (Wildman–Crippen MR) is 68.7 cm³/mol. The largest absolute Gasteiger partial charge is 0.438 e. The van der Waals surface area contributed by atoms with Crippen LogP contribution in [0.25, 0.3) is 0 Å². The number of carbonyl (C=O) groups is 1. The Balaban J connectivity index is 0.00000108. The molecule has 2 aliphatic rings. The number of rotatable bonds is 0. The van der Waals surface area contributed by atoms with Gasteiger partial charge >= 0.3 is 6.09 Å². The number of amides is 1. The van der Waals surface area contributed by atoms with Crippen molar-refractivity contribution in [2.24, 2.45) is 0 Å². The molecule has 1 saturated carbocycles. The minimum Gasteiger partial charge on any atom is -0.438 e. The Hall–Kier alpha value is -1.22. The molecule has 3 nitrogen and oxygen atoms in total. The van der Waals surface area contributed by atoms with Crippen molar-refractivity contribution in [3.8, 4) is 0 Å². The van der Waals surface area contributed by atoms with Crippen LogP contribution in [0.3, 0.4) is 0 Å². The van der Waals surface area contributed by atoms with E-state index in [1.165, 1.54) is 0 Å². The predicted octanol–water partition coefficient (Wildman–Crippen LogP) is 3.75. The third-order valence-corrected chi connectivity index (χ3v) is 3.69. The molecular formula is C13H16ClNO2. The number of fused-ring (bicyclic) bond motifs is 2. The molecule has 1 aromatic carbocycles. The first-order valence-electron chi connectivity index (χ1n) is 5.81. The first kappa shape index (κ1) is 12.2. The fourth-order valence-corrected chi connectivity index (χ4v) is 2.89. The zero-order valence-electron chi connectivity index (χ0n) is 9.79. The number of hydrogen-bond donors (Lipinski definition) is 1. The van der Waals surface area contributed by atoms with Gasteiger partial charge in [0.2, 0.25) is 0 Å². The highest BCUT2D eigenvalue weighted by Crippen LogP contribution is 2.47. The SMILES string of the molecule is Cc1cccc2c1NC(=O)OC21CCCC1.Cl. The summed E-state index contributed by atoms with van der Waals surface area (Å²) < 4.78 is 5.57. The highest BCUT2D eigenvalue weighted by Gasteiger charge is 2.44. The van der Waals surface area contributed by atoms with Crippen molar-refractivity contribution in [2.45, 2.75) is 38.2 Å². The average molecular weight is 254 g/mol. The van der Waals surface area contributed by atoms with E-state index in [4.69, 9.17) is 4.74 Å². The number of aryl methyl sites for hydroxylation is 1. The summed E-state index contributed by atoms with van der Waals surface area (Å²) in [6.45, 7) is 2.02. The third-order valence-electron chi connectivity index (χ3n) is 3.69. The van der Waals surface area contributed by atoms with Crippen molar-refractivity contribution in [3.05, 3.63) is 29.3 Å². The molecule has 1 aromatic rings. The smallest absolute Gasteiger partial charge is 0.412 e. The van der Waals surface area contributed by atoms with Crippen LogP contribution < -0.4 is 5.32 Å². The summed E-state index contributed by atoms with van der Waals surface area (Å²) in [6.07, 6.45) is 3.89. The van der Waals surface area contributed by atoms with Gasteiger partial charge in [0, 0.05) is 5.56 Å². The number of ether oxygens (including phenoxy) is 1. The van der Waals surface area contributed by atoms with Gasteiger partial charge in [0.15, 0.2) is 0 Å². The second kappa shape index (κ2) is 4.22. The number of benzene rings is 1. The molecule has 1 fully saturated rings. The summed E-state index contributed by atoms with van der Waals surface area (Å²) in [5, 5.41) is 2.82. The van der Waals surface area contributed by atoms with Crippen molar-refractivity contribution in [3.63, 3.8) is 0 Å². The molecule has 0 radical (unpaired) electrons. The van der Waals surface area contributed by atoms with Crippen LogP contribution in [0, 0.1) is 6.92 Å². The average Bonchev–Trinajstić information content (AvgIpc) is 2.69. The summed E-state index contributed by atoms with van der Waals surface area (Å²) >= 11 is 0. The monoisotopic (exact) mass is 253 g/mol. The summed E-state index contributed by atoms with van der Waals surface area (Å²) in [5.74, 6) is 0. The molecule has 17 heavy (non-hydrogen) atoms. The number of anilines is 1. The minimum absolute atomic E-state index is 0. The van der Waals surface area contributed by atoms with E-state index < -0.39 is 0 Å². The van der Waals surface area contributed by atoms with Crippen LogP contribution in [0.1, 0.15) is 36.8 Å². The highest BCUT2D eigenvalue weighted by molar-refractivity contribution is 5.90. The second-order valence-electron chi connectivity index (χ2n) is 4.71. The Morgan fingerprint density at radius 1 is 1.29 bits per heavy atom. The Bertz CT molecular complexity index is 453. The van der Waals surface area contributed by atoms with E-state index in [1.807, 2.05) is 19.1 Å². The van der Waals surface area contributed by atoms with Gasteiger partial charge in [-0.1, -0.05) is 18.2 Å². The van der Waals surface area contributed by atoms with Crippen molar-refractivity contribution >= 4 is 24.2 Å². The van der Waals surface area contributed by atoms with Gasteiger partial charge in [0.1, 0.15) is 5.60 Å². The number of nitrogens with one attached hydrogen (secondary N) is 1. The standard InChI is InChI=1S/C13H15NO2.ClH/c1-9-5-4-6-10-11(9)14-12(15)16-13(10)7-2-3-8-13;/h4-6H,2-3,7-8H2,1H3,(H,14,15);1H. The first-order valence-corrected chi connectivity index (χ1v) is 5.81. The van der Waals surface area contributed by atoms with E-state index in [0.29, 0.717) is 0 Å². The lowest BCUT2D eigenvalue weighted by Gasteiger charge is -2.36. The molecule has 92 valence electrons. The fraction of sp³-hybridized carbons (Fsp3) is 0.462. The second-order valence-corrected chi connectivity index (χ2v) is 4.71. The third kappa shape index (κ3) is 1.78. The Morgan fingerprint density at radius 3 is 2.71 bits per heavy atom.